The Morgan fingerprint density at radius 2 is 1.71 bits per heavy atom. The maximum atomic E-state index is 12.6. The molecule has 1 atom stereocenters. The van der Waals surface area contributed by atoms with E-state index in [4.69, 9.17) is 0 Å². The van der Waals surface area contributed by atoms with Gasteiger partial charge in [0.15, 0.2) is 5.78 Å². The van der Waals surface area contributed by atoms with Gasteiger partial charge in [-0.3, -0.25) is 4.79 Å². The van der Waals surface area contributed by atoms with Crippen molar-refractivity contribution in [3.05, 3.63) is 71.3 Å². The first-order valence-corrected chi connectivity index (χ1v) is 7.18. The molecule has 2 aromatic carbocycles. The van der Waals surface area contributed by atoms with Gasteiger partial charge in [0, 0.05) is 5.92 Å². The van der Waals surface area contributed by atoms with E-state index >= 15 is 0 Å². The van der Waals surface area contributed by atoms with Crippen LogP contribution >= 0.6 is 0 Å². The fraction of sp³-hybridized carbons (Fsp3) is 0.211. The van der Waals surface area contributed by atoms with Crippen molar-refractivity contribution >= 4 is 11.9 Å². The van der Waals surface area contributed by atoms with Crippen molar-refractivity contribution in [1.29, 1.82) is 0 Å². The number of Topliss-reactive ketones (excluding diaryl/α,β-unsaturated/α-hetero) is 1. The fourth-order valence-electron chi connectivity index (χ4n) is 2.42. The molecule has 0 aliphatic heterocycles. The van der Waals surface area contributed by atoms with Crippen LogP contribution in [0.4, 0.5) is 0 Å². The molecule has 0 aliphatic carbocycles. The van der Waals surface area contributed by atoms with E-state index in [1.165, 1.54) is 0 Å². The van der Waals surface area contributed by atoms with Gasteiger partial charge >= 0.3 is 0 Å². The van der Waals surface area contributed by atoms with Crippen LogP contribution in [-0.2, 0) is 4.79 Å². The van der Waals surface area contributed by atoms with E-state index < -0.39 is 0 Å². The summed E-state index contributed by atoms with van der Waals surface area (Å²) >= 11 is 0. The van der Waals surface area contributed by atoms with E-state index in [1.807, 2.05) is 50.3 Å². The lowest BCUT2D eigenvalue weighted by Gasteiger charge is -2.14. The standard InChI is InChI=1S/C19H20O2/c1-3-18(16-7-5-4-6-8-16)19(21)14(2)13-15-9-11-17(20)12-10-15/h4-13,18,20H,3H2,1-2H3/b14-13-. The van der Waals surface area contributed by atoms with Crippen LogP contribution in [0, 0.1) is 0 Å². The summed E-state index contributed by atoms with van der Waals surface area (Å²) in [6.45, 7) is 3.88. The maximum absolute atomic E-state index is 12.6. The zero-order chi connectivity index (χ0) is 15.2. The average molecular weight is 280 g/mol. The molecule has 0 spiro atoms. The Bertz CT molecular complexity index is 624. The number of rotatable bonds is 5. The first kappa shape index (κ1) is 15.0. The second-order valence-electron chi connectivity index (χ2n) is 5.15. The predicted octanol–water partition coefficient (Wildman–Crippen LogP) is 4.56. The minimum atomic E-state index is -0.0976. The molecule has 0 radical (unpaired) electrons. The van der Waals surface area contributed by atoms with E-state index in [0.29, 0.717) is 0 Å². The molecular weight excluding hydrogens is 260 g/mol. The van der Waals surface area contributed by atoms with Gasteiger partial charge in [-0.05, 0) is 48.3 Å². The molecule has 0 bridgehead atoms. The van der Waals surface area contributed by atoms with Crippen molar-refractivity contribution in [1.82, 2.24) is 0 Å². The Morgan fingerprint density at radius 3 is 2.29 bits per heavy atom. The Hall–Kier alpha value is -2.35. The SMILES string of the molecule is CCC(C(=O)/C(C)=C\c1ccc(O)cc1)c1ccccc1. The van der Waals surface area contributed by atoms with Crippen LogP contribution in [-0.4, -0.2) is 10.9 Å². The number of hydrogen-bond donors (Lipinski definition) is 1. The Kier molecular flexibility index (Phi) is 4.94. The minimum Gasteiger partial charge on any atom is -0.508 e. The van der Waals surface area contributed by atoms with Crippen LogP contribution < -0.4 is 0 Å². The molecule has 21 heavy (non-hydrogen) atoms. The Morgan fingerprint density at radius 1 is 1.10 bits per heavy atom. The van der Waals surface area contributed by atoms with E-state index in [2.05, 4.69) is 0 Å². The maximum Gasteiger partial charge on any atom is 0.166 e. The van der Waals surface area contributed by atoms with Crippen molar-refractivity contribution in [3.63, 3.8) is 0 Å². The van der Waals surface area contributed by atoms with E-state index in [0.717, 1.165) is 23.1 Å². The summed E-state index contributed by atoms with van der Waals surface area (Å²) in [6.07, 6.45) is 2.65. The summed E-state index contributed by atoms with van der Waals surface area (Å²) in [5.74, 6) is 0.281. The van der Waals surface area contributed by atoms with Crippen molar-refractivity contribution in [2.24, 2.45) is 0 Å². The van der Waals surface area contributed by atoms with Gasteiger partial charge in [0.1, 0.15) is 5.75 Å². The van der Waals surface area contributed by atoms with Crippen LogP contribution in [0.25, 0.3) is 6.08 Å². The summed E-state index contributed by atoms with van der Waals surface area (Å²) in [7, 11) is 0. The second-order valence-corrected chi connectivity index (χ2v) is 5.15. The normalized spacial score (nSPS) is 13.0. The molecule has 0 saturated carbocycles. The van der Waals surface area contributed by atoms with Crippen LogP contribution in [0.2, 0.25) is 0 Å². The van der Waals surface area contributed by atoms with E-state index in [-0.39, 0.29) is 17.5 Å². The molecule has 2 aromatic rings. The van der Waals surface area contributed by atoms with Crippen LogP contribution in [0.3, 0.4) is 0 Å². The zero-order valence-electron chi connectivity index (χ0n) is 12.4. The quantitative estimate of drug-likeness (QED) is 0.815. The third kappa shape index (κ3) is 3.82. The molecule has 0 aromatic heterocycles. The molecule has 108 valence electrons. The van der Waals surface area contributed by atoms with Gasteiger partial charge in [-0.25, -0.2) is 0 Å². The molecule has 0 heterocycles. The fourth-order valence-corrected chi connectivity index (χ4v) is 2.42. The van der Waals surface area contributed by atoms with Gasteiger partial charge in [-0.15, -0.1) is 0 Å². The third-order valence-corrected chi connectivity index (χ3v) is 3.59. The molecule has 1 unspecified atom stereocenters. The van der Waals surface area contributed by atoms with Gasteiger partial charge in [-0.1, -0.05) is 49.4 Å². The number of hydrogen-bond acceptors (Lipinski definition) is 2. The predicted molar refractivity (Wildman–Crippen MR) is 86.2 cm³/mol. The van der Waals surface area contributed by atoms with Gasteiger partial charge in [0.25, 0.3) is 0 Å². The minimum absolute atomic E-state index is 0.0976. The zero-order valence-corrected chi connectivity index (χ0v) is 12.4. The number of phenolic OH excluding ortho intramolecular Hbond substituents is 1. The number of allylic oxidation sites excluding steroid dienone is 1. The molecule has 2 heteroatoms. The molecule has 0 aliphatic rings. The molecule has 2 rings (SSSR count). The summed E-state index contributed by atoms with van der Waals surface area (Å²) in [6, 6.07) is 16.7. The Labute approximate surface area is 125 Å². The van der Waals surface area contributed by atoms with Crippen LogP contribution in [0.15, 0.2) is 60.2 Å². The highest BCUT2D eigenvalue weighted by molar-refractivity contribution is 6.03. The van der Waals surface area contributed by atoms with E-state index in [9.17, 15) is 9.90 Å². The molecule has 2 nitrogen and oxygen atoms in total. The molecule has 0 amide bonds. The van der Waals surface area contributed by atoms with Crippen molar-refractivity contribution in [3.8, 4) is 5.75 Å². The highest BCUT2D eigenvalue weighted by atomic mass is 16.3. The average Bonchev–Trinajstić information content (AvgIpc) is 2.51. The summed E-state index contributed by atoms with van der Waals surface area (Å²) in [4.78, 5) is 12.6. The molecule has 0 fully saturated rings. The van der Waals surface area contributed by atoms with Gasteiger partial charge in [-0.2, -0.15) is 0 Å². The number of benzene rings is 2. The van der Waals surface area contributed by atoms with Crippen molar-refractivity contribution in [2.75, 3.05) is 0 Å². The Balaban J connectivity index is 2.23. The topological polar surface area (TPSA) is 37.3 Å². The van der Waals surface area contributed by atoms with Gasteiger partial charge in [0.05, 0.1) is 0 Å². The first-order valence-electron chi connectivity index (χ1n) is 7.18. The van der Waals surface area contributed by atoms with Crippen molar-refractivity contribution < 1.29 is 9.90 Å². The largest absolute Gasteiger partial charge is 0.508 e. The van der Waals surface area contributed by atoms with Crippen LogP contribution in [0.5, 0.6) is 5.75 Å². The lowest BCUT2D eigenvalue weighted by Crippen LogP contribution is -2.12. The lowest BCUT2D eigenvalue weighted by atomic mass is 9.88. The molecular formula is C19H20O2. The summed E-state index contributed by atoms with van der Waals surface area (Å²) in [5.41, 5.74) is 2.71. The second kappa shape index (κ2) is 6.89. The highest BCUT2D eigenvalue weighted by Gasteiger charge is 2.19. The van der Waals surface area contributed by atoms with Gasteiger partial charge < -0.3 is 5.11 Å². The number of carbonyl (C=O) groups is 1. The number of ketones is 1. The third-order valence-electron chi connectivity index (χ3n) is 3.59. The molecule has 1 N–H and O–H groups in total. The number of carbonyl (C=O) groups excluding carboxylic acids is 1. The summed E-state index contributed by atoms with van der Waals surface area (Å²) in [5, 5.41) is 9.29. The molecule has 0 saturated heterocycles. The number of aromatic hydroxyl groups is 1. The van der Waals surface area contributed by atoms with Crippen molar-refractivity contribution in [2.45, 2.75) is 26.2 Å². The number of phenols is 1. The van der Waals surface area contributed by atoms with E-state index in [1.54, 1.807) is 24.3 Å². The first-order chi connectivity index (χ1) is 10.1. The highest BCUT2D eigenvalue weighted by Crippen LogP contribution is 2.24. The lowest BCUT2D eigenvalue weighted by molar-refractivity contribution is -0.116. The summed E-state index contributed by atoms with van der Waals surface area (Å²) < 4.78 is 0. The monoisotopic (exact) mass is 280 g/mol. The van der Waals surface area contributed by atoms with Gasteiger partial charge in [0.2, 0.25) is 0 Å². The smallest absolute Gasteiger partial charge is 0.166 e. The van der Waals surface area contributed by atoms with Crippen LogP contribution in [0.1, 0.15) is 37.3 Å².